The van der Waals surface area contributed by atoms with Crippen LogP contribution in [0.4, 0.5) is 29.2 Å². The molecule has 3 heterocycles. The molecule has 0 saturated carbocycles. The van der Waals surface area contributed by atoms with E-state index in [0.717, 1.165) is 29.2 Å². The quantitative estimate of drug-likeness (QED) is 0.455. The van der Waals surface area contributed by atoms with Gasteiger partial charge in [-0.25, -0.2) is 37.2 Å². The maximum absolute atomic E-state index is 14.8. The number of rotatable bonds is 5. The van der Waals surface area contributed by atoms with Crippen LogP contribution in [0.3, 0.4) is 0 Å². The number of alkyl halides is 2. The van der Waals surface area contributed by atoms with E-state index in [1.807, 2.05) is 0 Å². The van der Waals surface area contributed by atoms with Crippen LogP contribution >= 0.6 is 0 Å². The second kappa shape index (κ2) is 7.58. The van der Waals surface area contributed by atoms with Gasteiger partial charge in [0.15, 0.2) is 11.6 Å². The standard InChI is InChI=1S/C20H16F4N6O/c1-20(2,31)11-3-12(21)18(13(22)4-11)30-15-6-17(25-7-10(15)8-28-30)29-16-5-14(19(23)24)26-9-27-16/h3-9,19,31H,1-2H3,(H,25,26,27,29). The van der Waals surface area contributed by atoms with E-state index in [1.54, 1.807) is 0 Å². The number of hydrogen-bond acceptors (Lipinski definition) is 6. The molecular formula is C20H16F4N6O. The van der Waals surface area contributed by atoms with Gasteiger partial charge in [0.2, 0.25) is 0 Å². The fraction of sp³-hybridized carbons (Fsp3) is 0.200. The first kappa shape index (κ1) is 20.7. The SMILES string of the molecule is CC(C)(O)c1cc(F)c(-n2ncc3cnc(Nc4cc(C(F)F)ncn4)cc32)c(F)c1. The van der Waals surface area contributed by atoms with Gasteiger partial charge in [0, 0.05) is 23.7 Å². The first-order valence-electron chi connectivity index (χ1n) is 9.06. The first-order chi connectivity index (χ1) is 14.6. The van der Waals surface area contributed by atoms with E-state index < -0.39 is 35.0 Å². The van der Waals surface area contributed by atoms with Crippen LogP contribution in [0.1, 0.15) is 31.5 Å². The molecule has 3 aromatic heterocycles. The largest absolute Gasteiger partial charge is 0.386 e. The summed E-state index contributed by atoms with van der Waals surface area (Å²) in [5.41, 5.74) is -1.93. The third-order valence-corrected chi connectivity index (χ3v) is 4.56. The lowest BCUT2D eigenvalue weighted by Gasteiger charge is -2.19. The predicted octanol–water partition coefficient (Wildman–Crippen LogP) is 4.40. The van der Waals surface area contributed by atoms with Crippen molar-refractivity contribution in [3.8, 4) is 5.69 Å². The number of nitrogens with zero attached hydrogens (tertiary/aromatic N) is 5. The van der Waals surface area contributed by atoms with Crippen molar-refractivity contribution in [3.63, 3.8) is 0 Å². The van der Waals surface area contributed by atoms with Gasteiger partial charge in [0.05, 0.1) is 17.3 Å². The lowest BCUT2D eigenvalue weighted by Crippen LogP contribution is -2.17. The summed E-state index contributed by atoms with van der Waals surface area (Å²) in [6, 6.07) is 4.61. The molecule has 4 aromatic rings. The van der Waals surface area contributed by atoms with Crippen molar-refractivity contribution in [1.82, 2.24) is 24.7 Å². The van der Waals surface area contributed by atoms with Crippen molar-refractivity contribution in [2.75, 3.05) is 5.32 Å². The van der Waals surface area contributed by atoms with Crippen molar-refractivity contribution in [1.29, 1.82) is 0 Å². The van der Waals surface area contributed by atoms with E-state index in [0.29, 0.717) is 10.9 Å². The number of nitrogens with one attached hydrogen (secondary N) is 1. The van der Waals surface area contributed by atoms with Crippen LogP contribution in [0.25, 0.3) is 16.6 Å². The van der Waals surface area contributed by atoms with Gasteiger partial charge >= 0.3 is 0 Å². The molecule has 0 amide bonds. The van der Waals surface area contributed by atoms with E-state index in [4.69, 9.17) is 0 Å². The smallest absolute Gasteiger partial charge is 0.280 e. The third kappa shape index (κ3) is 4.04. The number of anilines is 2. The molecule has 4 rings (SSSR count). The number of halogens is 4. The second-order valence-corrected chi connectivity index (χ2v) is 7.29. The molecule has 0 aliphatic carbocycles. The van der Waals surface area contributed by atoms with Crippen LogP contribution in [0.5, 0.6) is 0 Å². The van der Waals surface area contributed by atoms with Crippen LogP contribution in [-0.2, 0) is 5.60 Å². The molecule has 0 saturated heterocycles. The molecule has 0 spiro atoms. The van der Waals surface area contributed by atoms with E-state index in [1.165, 1.54) is 32.3 Å². The number of aliphatic hydroxyl groups is 1. The predicted molar refractivity (Wildman–Crippen MR) is 104 cm³/mol. The van der Waals surface area contributed by atoms with Crippen LogP contribution in [0, 0.1) is 11.6 Å². The molecule has 0 atom stereocenters. The van der Waals surface area contributed by atoms with Crippen LogP contribution in [0.2, 0.25) is 0 Å². The maximum atomic E-state index is 14.8. The summed E-state index contributed by atoms with van der Waals surface area (Å²) in [6.45, 7) is 2.83. The molecule has 2 N–H and O–H groups in total. The molecule has 0 radical (unpaired) electrons. The van der Waals surface area contributed by atoms with Crippen molar-refractivity contribution in [3.05, 3.63) is 65.9 Å². The summed E-state index contributed by atoms with van der Waals surface area (Å²) < 4.78 is 56.3. The number of fused-ring (bicyclic) bond motifs is 1. The number of benzene rings is 1. The summed E-state index contributed by atoms with van der Waals surface area (Å²) in [6.07, 6.45) is 1.02. The van der Waals surface area contributed by atoms with E-state index in [9.17, 15) is 22.7 Å². The second-order valence-electron chi connectivity index (χ2n) is 7.29. The Morgan fingerprint density at radius 2 is 1.65 bits per heavy atom. The number of hydrogen-bond donors (Lipinski definition) is 2. The van der Waals surface area contributed by atoms with Gasteiger partial charge in [0.25, 0.3) is 6.43 Å². The monoisotopic (exact) mass is 432 g/mol. The lowest BCUT2D eigenvalue weighted by atomic mass is 9.98. The third-order valence-electron chi connectivity index (χ3n) is 4.56. The van der Waals surface area contributed by atoms with Crippen molar-refractivity contribution >= 4 is 22.5 Å². The average molecular weight is 432 g/mol. The first-order valence-corrected chi connectivity index (χ1v) is 9.06. The highest BCUT2D eigenvalue weighted by Crippen LogP contribution is 2.29. The Labute approximate surface area is 173 Å². The van der Waals surface area contributed by atoms with Gasteiger partial charge in [-0.1, -0.05) is 0 Å². The molecule has 0 aliphatic heterocycles. The highest BCUT2D eigenvalue weighted by atomic mass is 19.3. The van der Waals surface area contributed by atoms with Crippen molar-refractivity contribution in [2.24, 2.45) is 0 Å². The van der Waals surface area contributed by atoms with Gasteiger partial charge in [0.1, 0.15) is 29.3 Å². The summed E-state index contributed by atoms with van der Waals surface area (Å²) in [7, 11) is 0. The summed E-state index contributed by atoms with van der Waals surface area (Å²) >= 11 is 0. The minimum Gasteiger partial charge on any atom is -0.386 e. The maximum Gasteiger partial charge on any atom is 0.280 e. The van der Waals surface area contributed by atoms with Crippen LogP contribution < -0.4 is 5.32 Å². The van der Waals surface area contributed by atoms with Crippen molar-refractivity contribution in [2.45, 2.75) is 25.9 Å². The Balaban J connectivity index is 1.76. The molecule has 7 nitrogen and oxygen atoms in total. The minimum atomic E-state index is -2.77. The minimum absolute atomic E-state index is 0.0744. The lowest BCUT2D eigenvalue weighted by molar-refractivity contribution is 0.0778. The molecule has 0 aliphatic rings. The van der Waals surface area contributed by atoms with Crippen LogP contribution in [0.15, 0.2) is 43.0 Å². The average Bonchev–Trinajstić information content (AvgIpc) is 3.10. The van der Waals surface area contributed by atoms with Crippen LogP contribution in [-0.4, -0.2) is 29.8 Å². The summed E-state index contributed by atoms with van der Waals surface area (Å²) in [4.78, 5) is 11.5. The molecule has 160 valence electrons. The Bertz CT molecular complexity index is 1250. The number of aromatic nitrogens is 5. The molecule has 1 aromatic carbocycles. The van der Waals surface area contributed by atoms with E-state index in [-0.39, 0.29) is 17.2 Å². The zero-order valence-electron chi connectivity index (χ0n) is 16.3. The summed E-state index contributed by atoms with van der Waals surface area (Å²) in [5.74, 6) is -1.55. The highest BCUT2D eigenvalue weighted by molar-refractivity contribution is 5.82. The molecule has 0 fully saturated rings. The molecule has 0 bridgehead atoms. The fourth-order valence-electron chi connectivity index (χ4n) is 2.98. The normalized spacial score (nSPS) is 12.0. The molecular weight excluding hydrogens is 416 g/mol. The van der Waals surface area contributed by atoms with Gasteiger partial charge in [-0.15, -0.1) is 0 Å². The van der Waals surface area contributed by atoms with Gasteiger partial charge < -0.3 is 10.4 Å². The van der Waals surface area contributed by atoms with E-state index in [2.05, 4.69) is 25.4 Å². The zero-order chi connectivity index (χ0) is 22.3. The molecule has 0 unspecified atom stereocenters. The van der Waals surface area contributed by atoms with Gasteiger partial charge in [-0.3, -0.25) is 0 Å². The van der Waals surface area contributed by atoms with Gasteiger partial charge in [-0.2, -0.15) is 5.10 Å². The van der Waals surface area contributed by atoms with E-state index >= 15 is 0 Å². The Morgan fingerprint density at radius 1 is 0.968 bits per heavy atom. The summed E-state index contributed by atoms with van der Waals surface area (Å²) in [5, 5.41) is 17.3. The van der Waals surface area contributed by atoms with Gasteiger partial charge in [-0.05, 0) is 31.5 Å². The fourth-order valence-corrected chi connectivity index (χ4v) is 2.98. The Hall–Kier alpha value is -3.60. The Morgan fingerprint density at radius 3 is 2.29 bits per heavy atom. The topological polar surface area (TPSA) is 88.8 Å². The number of pyridine rings is 1. The Kier molecular flexibility index (Phi) is 5.05. The van der Waals surface area contributed by atoms with Crippen molar-refractivity contribution < 1.29 is 22.7 Å². The highest BCUT2D eigenvalue weighted by Gasteiger charge is 2.23. The molecule has 31 heavy (non-hydrogen) atoms. The molecule has 11 heteroatoms. The zero-order valence-corrected chi connectivity index (χ0v) is 16.3.